The van der Waals surface area contributed by atoms with Gasteiger partial charge in [-0.3, -0.25) is 0 Å². The first-order chi connectivity index (χ1) is 9.43. The number of benzene rings is 1. The second kappa shape index (κ2) is 4.83. The molecular weight excluding hydrogens is 276 g/mol. The summed E-state index contributed by atoms with van der Waals surface area (Å²) in [6, 6.07) is 8.48. The summed E-state index contributed by atoms with van der Waals surface area (Å²) in [6.07, 6.45) is -0.407. The molecule has 1 aromatic carbocycles. The summed E-state index contributed by atoms with van der Waals surface area (Å²) in [5, 5.41) is 9.63. The van der Waals surface area contributed by atoms with E-state index >= 15 is 0 Å². The van der Waals surface area contributed by atoms with Crippen molar-refractivity contribution in [1.29, 1.82) is 0 Å². The number of ether oxygens (including phenoxy) is 1. The van der Waals surface area contributed by atoms with Crippen LogP contribution in [0.1, 0.15) is 20.3 Å². The minimum absolute atomic E-state index is 0.0940. The third-order valence-electron chi connectivity index (χ3n) is 4.44. The predicted octanol–water partition coefficient (Wildman–Crippen LogP) is 1.63. The van der Waals surface area contributed by atoms with Crippen LogP contribution in [0, 0.1) is 11.8 Å². The Bertz CT molecular complexity index is 581. The van der Waals surface area contributed by atoms with Gasteiger partial charge >= 0.3 is 0 Å². The van der Waals surface area contributed by atoms with Crippen LogP contribution in [0.15, 0.2) is 35.2 Å². The molecule has 4 nitrogen and oxygen atoms in total. The maximum absolute atomic E-state index is 12.9. The number of sulfone groups is 1. The van der Waals surface area contributed by atoms with Gasteiger partial charge < -0.3 is 9.84 Å². The fourth-order valence-corrected chi connectivity index (χ4v) is 5.80. The maximum Gasteiger partial charge on any atom is 0.184 e. The summed E-state index contributed by atoms with van der Waals surface area (Å²) in [4.78, 5) is 0.319. The lowest BCUT2D eigenvalue weighted by molar-refractivity contribution is 0.0581. The number of fused-ring (bicyclic) bond motifs is 1. The Morgan fingerprint density at radius 3 is 2.50 bits per heavy atom. The molecule has 1 aromatic rings. The average Bonchev–Trinajstić information content (AvgIpc) is 3.16. The third-order valence-corrected chi connectivity index (χ3v) is 6.67. The number of hydrogen-bond donors (Lipinski definition) is 1. The van der Waals surface area contributed by atoms with E-state index in [1.165, 1.54) is 0 Å². The molecule has 0 spiro atoms. The van der Waals surface area contributed by atoms with Crippen molar-refractivity contribution in [2.24, 2.45) is 11.8 Å². The highest BCUT2D eigenvalue weighted by atomic mass is 32.2. The molecule has 0 bridgehead atoms. The Kier molecular flexibility index (Phi) is 3.39. The second-order valence-electron chi connectivity index (χ2n) is 6.09. The second-order valence-corrected chi connectivity index (χ2v) is 8.19. The number of aliphatic hydroxyl groups is 1. The maximum atomic E-state index is 12.9. The fraction of sp³-hybridized carbons (Fsp3) is 0.600. The highest BCUT2D eigenvalue weighted by Gasteiger charge is 2.60. The molecule has 1 aliphatic heterocycles. The van der Waals surface area contributed by atoms with Crippen molar-refractivity contribution in [3.8, 4) is 0 Å². The predicted molar refractivity (Wildman–Crippen MR) is 75.0 cm³/mol. The molecular formula is C15H20O4S. The summed E-state index contributed by atoms with van der Waals surface area (Å²) in [6.45, 7) is 3.92. The number of hydrogen-bond acceptors (Lipinski definition) is 4. The first-order valence-electron chi connectivity index (χ1n) is 7.05. The van der Waals surface area contributed by atoms with Gasteiger partial charge in [0.25, 0.3) is 0 Å². The average molecular weight is 296 g/mol. The van der Waals surface area contributed by atoms with E-state index in [-0.39, 0.29) is 24.0 Å². The lowest BCUT2D eigenvalue weighted by Crippen LogP contribution is -2.48. The van der Waals surface area contributed by atoms with Gasteiger partial charge in [-0.1, -0.05) is 32.0 Å². The van der Waals surface area contributed by atoms with Gasteiger partial charge in [0.1, 0.15) is 11.4 Å². The molecule has 0 unspecified atom stereocenters. The van der Waals surface area contributed by atoms with E-state index in [4.69, 9.17) is 4.74 Å². The normalized spacial score (nSPS) is 36.7. The van der Waals surface area contributed by atoms with Crippen LogP contribution < -0.4 is 0 Å². The van der Waals surface area contributed by atoms with Crippen molar-refractivity contribution in [2.45, 2.75) is 48.7 Å². The first kappa shape index (κ1) is 14.0. The lowest BCUT2D eigenvalue weighted by Gasteiger charge is -2.35. The van der Waals surface area contributed by atoms with Crippen LogP contribution in [-0.2, 0) is 14.6 Å². The summed E-state index contributed by atoms with van der Waals surface area (Å²) in [5.74, 6) is -0.178. The lowest BCUT2D eigenvalue weighted by atomic mass is 9.79. The minimum atomic E-state index is -3.48. The zero-order valence-electron chi connectivity index (χ0n) is 11.6. The molecule has 0 aromatic heterocycles. The van der Waals surface area contributed by atoms with Crippen molar-refractivity contribution in [3.63, 3.8) is 0 Å². The molecule has 5 heteroatoms. The molecule has 1 saturated heterocycles. The standard InChI is InChI=1S/C15H20O4S/c1-9(2)13-11(16)8-12-14(19-12)15(13)20(17,18)10-6-4-3-5-7-10/h3-7,9,11-16H,8H2,1-2H3/t11-,12+,13-,14+,15+/m0/s1. The molecule has 1 aliphatic carbocycles. The Morgan fingerprint density at radius 1 is 1.25 bits per heavy atom. The Morgan fingerprint density at radius 2 is 1.90 bits per heavy atom. The van der Waals surface area contributed by atoms with Crippen LogP contribution >= 0.6 is 0 Å². The molecule has 110 valence electrons. The monoisotopic (exact) mass is 296 g/mol. The van der Waals surface area contributed by atoms with Gasteiger partial charge in [0.05, 0.1) is 17.1 Å². The Hall–Kier alpha value is -0.910. The SMILES string of the molecule is CC(C)[C@@H]1[C@@H](S(=O)(=O)c2ccccc2)[C@@H]2O[C@@H]2C[C@@H]1O. The van der Waals surface area contributed by atoms with Crippen LogP contribution in [0.2, 0.25) is 0 Å². The van der Waals surface area contributed by atoms with Crippen molar-refractivity contribution >= 4 is 9.84 Å². The molecule has 1 N–H and O–H groups in total. The molecule has 1 saturated carbocycles. The van der Waals surface area contributed by atoms with Crippen molar-refractivity contribution in [3.05, 3.63) is 30.3 Å². The van der Waals surface area contributed by atoms with E-state index < -0.39 is 21.2 Å². The van der Waals surface area contributed by atoms with Gasteiger partial charge in [0.2, 0.25) is 0 Å². The van der Waals surface area contributed by atoms with Crippen LogP contribution in [0.4, 0.5) is 0 Å². The Balaban J connectivity index is 2.02. The summed E-state index contributed by atoms with van der Waals surface area (Å²) in [7, 11) is -3.48. The Labute approximate surface area is 119 Å². The zero-order valence-corrected chi connectivity index (χ0v) is 12.5. The van der Waals surface area contributed by atoms with E-state index in [1.807, 2.05) is 13.8 Å². The van der Waals surface area contributed by atoms with Crippen molar-refractivity contribution < 1.29 is 18.3 Å². The van der Waals surface area contributed by atoms with Gasteiger partial charge in [-0.15, -0.1) is 0 Å². The van der Waals surface area contributed by atoms with E-state index in [2.05, 4.69) is 0 Å². The quantitative estimate of drug-likeness (QED) is 0.861. The molecule has 2 aliphatic rings. The van der Waals surface area contributed by atoms with Gasteiger partial charge in [-0.05, 0) is 18.1 Å². The van der Waals surface area contributed by atoms with Crippen LogP contribution in [-0.4, -0.2) is 37.1 Å². The molecule has 3 rings (SSSR count). The van der Waals surface area contributed by atoms with E-state index in [9.17, 15) is 13.5 Å². The highest BCUT2D eigenvalue weighted by molar-refractivity contribution is 7.92. The van der Waals surface area contributed by atoms with E-state index in [1.54, 1.807) is 30.3 Å². The fourth-order valence-electron chi connectivity index (χ4n) is 3.44. The van der Waals surface area contributed by atoms with Gasteiger partial charge in [-0.2, -0.15) is 0 Å². The number of aliphatic hydroxyl groups excluding tert-OH is 1. The van der Waals surface area contributed by atoms with E-state index in [0.717, 1.165) is 0 Å². The van der Waals surface area contributed by atoms with E-state index in [0.29, 0.717) is 11.3 Å². The largest absolute Gasteiger partial charge is 0.393 e. The molecule has 2 fully saturated rings. The number of rotatable bonds is 3. The van der Waals surface area contributed by atoms with Gasteiger partial charge in [0.15, 0.2) is 9.84 Å². The summed E-state index contributed by atoms with van der Waals surface area (Å²) < 4.78 is 31.3. The van der Waals surface area contributed by atoms with Crippen LogP contribution in [0.5, 0.6) is 0 Å². The summed E-state index contributed by atoms with van der Waals surface area (Å²) in [5.41, 5.74) is 0. The minimum Gasteiger partial charge on any atom is -0.393 e. The topological polar surface area (TPSA) is 66.9 Å². The smallest absolute Gasteiger partial charge is 0.184 e. The first-order valence-corrected chi connectivity index (χ1v) is 8.60. The van der Waals surface area contributed by atoms with Crippen LogP contribution in [0.25, 0.3) is 0 Å². The van der Waals surface area contributed by atoms with Gasteiger partial charge in [-0.25, -0.2) is 8.42 Å². The summed E-state index contributed by atoms with van der Waals surface area (Å²) >= 11 is 0. The molecule has 0 amide bonds. The molecule has 1 heterocycles. The van der Waals surface area contributed by atoms with Crippen LogP contribution in [0.3, 0.4) is 0 Å². The van der Waals surface area contributed by atoms with Crippen molar-refractivity contribution in [2.75, 3.05) is 0 Å². The third kappa shape index (κ3) is 2.18. The number of epoxide rings is 1. The molecule has 0 radical (unpaired) electrons. The molecule has 5 atom stereocenters. The highest BCUT2D eigenvalue weighted by Crippen LogP contribution is 2.47. The van der Waals surface area contributed by atoms with Gasteiger partial charge in [0, 0.05) is 12.3 Å². The zero-order chi connectivity index (χ0) is 14.5. The molecule has 20 heavy (non-hydrogen) atoms. The van der Waals surface area contributed by atoms with Crippen molar-refractivity contribution in [1.82, 2.24) is 0 Å².